The van der Waals surface area contributed by atoms with Crippen molar-refractivity contribution in [2.24, 2.45) is 0 Å². The summed E-state index contributed by atoms with van der Waals surface area (Å²) in [6.45, 7) is 7.39. The Bertz CT molecular complexity index is 906. The Labute approximate surface area is 162 Å². The fraction of sp³-hybridized carbons (Fsp3) is 0.381. The molecule has 2 aromatic carbocycles. The van der Waals surface area contributed by atoms with E-state index in [1.54, 1.807) is 12.1 Å². The molecule has 0 fully saturated rings. The zero-order valence-corrected chi connectivity index (χ0v) is 17.4. The third-order valence-electron chi connectivity index (χ3n) is 4.50. The van der Waals surface area contributed by atoms with E-state index in [2.05, 4.69) is 5.32 Å². The van der Waals surface area contributed by atoms with Crippen LogP contribution >= 0.6 is 0 Å². The summed E-state index contributed by atoms with van der Waals surface area (Å²) in [4.78, 5) is 12.7. The quantitative estimate of drug-likeness (QED) is 0.792. The first-order chi connectivity index (χ1) is 12.5. The van der Waals surface area contributed by atoms with Crippen LogP contribution in [-0.2, 0) is 21.2 Å². The predicted octanol–water partition coefficient (Wildman–Crippen LogP) is 3.21. The van der Waals surface area contributed by atoms with Gasteiger partial charge < -0.3 is 5.32 Å². The largest absolute Gasteiger partial charge is 0.349 e. The van der Waals surface area contributed by atoms with E-state index < -0.39 is 15.6 Å². The molecular formula is C21H28N2O3S. The second kappa shape index (κ2) is 8.13. The van der Waals surface area contributed by atoms with Crippen molar-refractivity contribution in [3.8, 4) is 0 Å². The number of hydrogen-bond acceptors (Lipinski definition) is 3. The van der Waals surface area contributed by atoms with E-state index in [0.717, 1.165) is 22.9 Å². The number of carbonyl (C=O) groups excluding carboxylic acids is 1. The van der Waals surface area contributed by atoms with Crippen molar-refractivity contribution >= 4 is 21.6 Å². The lowest BCUT2D eigenvalue weighted by Crippen LogP contribution is -2.50. The number of amides is 1. The number of rotatable bonds is 7. The lowest BCUT2D eigenvalue weighted by atomic mass is 9.95. The van der Waals surface area contributed by atoms with Crippen LogP contribution in [-0.4, -0.2) is 32.7 Å². The summed E-state index contributed by atoms with van der Waals surface area (Å²) in [5.41, 5.74) is 2.97. The van der Waals surface area contributed by atoms with E-state index in [0.29, 0.717) is 12.1 Å². The monoisotopic (exact) mass is 388 g/mol. The van der Waals surface area contributed by atoms with Gasteiger partial charge in [0.15, 0.2) is 0 Å². The minimum Gasteiger partial charge on any atom is -0.349 e. The maximum absolute atomic E-state index is 12.7. The number of carbonyl (C=O) groups is 1. The van der Waals surface area contributed by atoms with Crippen molar-refractivity contribution in [2.45, 2.75) is 39.7 Å². The van der Waals surface area contributed by atoms with Crippen LogP contribution in [0, 0.1) is 13.8 Å². The molecule has 0 aliphatic carbocycles. The fourth-order valence-electron chi connectivity index (χ4n) is 3.08. The summed E-state index contributed by atoms with van der Waals surface area (Å²) in [6, 6.07) is 15.3. The van der Waals surface area contributed by atoms with Crippen molar-refractivity contribution in [3.63, 3.8) is 0 Å². The van der Waals surface area contributed by atoms with Crippen LogP contribution in [0.15, 0.2) is 48.5 Å². The second-order valence-electron chi connectivity index (χ2n) is 7.58. The van der Waals surface area contributed by atoms with E-state index in [9.17, 15) is 13.2 Å². The topological polar surface area (TPSA) is 66.5 Å². The zero-order valence-electron chi connectivity index (χ0n) is 16.6. The van der Waals surface area contributed by atoms with Gasteiger partial charge in [-0.2, -0.15) is 0 Å². The molecule has 27 heavy (non-hydrogen) atoms. The molecule has 0 saturated heterocycles. The highest BCUT2D eigenvalue weighted by atomic mass is 32.2. The molecule has 0 aliphatic heterocycles. The molecule has 1 amide bonds. The smallest absolute Gasteiger partial charge is 0.241 e. The normalized spacial score (nSPS) is 11.9. The molecule has 2 rings (SSSR count). The summed E-state index contributed by atoms with van der Waals surface area (Å²) < 4.78 is 25.8. The minimum atomic E-state index is -3.59. The minimum absolute atomic E-state index is 0.249. The SMILES string of the molecule is Cc1cccc(N(CC(=O)NC(C)(C)Cc2ccccc2)S(C)(=O)=O)c1C. The number of aryl methyl sites for hydroxylation is 1. The molecular weight excluding hydrogens is 360 g/mol. The van der Waals surface area contributed by atoms with Gasteiger partial charge in [-0.15, -0.1) is 0 Å². The average molecular weight is 389 g/mol. The number of anilines is 1. The molecule has 6 heteroatoms. The fourth-order valence-corrected chi connectivity index (χ4v) is 3.99. The Balaban J connectivity index is 2.18. The van der Waals surface area contributed by atoms with Gasteiger partial charge in [-0.05, 0) is 56.9 Å². The van der Waals surface area contributed by atoms with Crippen molar-refractivity contribution < 1.29 is 13.2 Å². The molecule has 146 valence electrons. The molecule has 0 aliphatic rings. The maximum Gasteiger partial charge on any atom is 0.241 e. The first-order valence-corrected chi connectivity index (χ1v) is 10.7. The van der Waals surface area contributed by atoms with Gasteiger partial charge in [0.25, 0.3) is 0 Å². The number of sulfonamides is 1. The van der Waals surface area contributed by atoms with Gasteiger partial charge in [-0.1, -0.05) is 42.5 Å². The summed E-state index contributed by atoms with van der Waals surface area (Å²) in [5.74, 6) is -0.331. The van der Waals surface area contributed by atoms with Crippen LogP contribution in [0.2, 0.25) is 0 Å². The van der Waals surface area contributed by atoms with Gasteiger partial charge in [0.2, 0.25) is 15.9 Å². The van der Waals surface area contributed by atoms with Gasteiger partial charge >= 0.3 is 0 Å². The first kappa shape index (κ1) is 21.0. The Hall–Kier alpha value is -2.34. The molecule has 2 aromatic rings. The van der Waals surface area contributed by atoms with Crippen LogP contribution in [0.4, 0.5) is 5.69 Å². The third-order valence-corrected chi connectivity index (χ3v) is 5.63. The summed E-state index contributed by atoms with van der Waals surface area (Å²) in [5, 5.41) is 2.97. The van der Waals surface area contributed by atoms with Crippen molar-refractivity contribution in [1.29, 1.82) is 0 Å². The molecule has 5 nitrogen and oxygen atoms in total. The average Bonchev–Trinajstić information content (AvgIpc) is 2.54. The number of benzene rings is 2. The number of nitrogens with zero attached hydrogens (tertiary/aromatic N) is 1. The van der Waals surface area contributed by atoms with Crippen LogP contribution in [0.5, 0.6) is 0 Å². The van der Waals surface area contributed by atoms with Crippen LogP contribution in [0.3, 0.4) is 0 Å². The maximum atomic E-state index is 12.7. The molecule has 0 saturated carbocycles. The second-order valence-corrected chi connectivity index (χ2v) is 9.49. The molecule has 1 N–H and O–H groups in total. The molecule has 0 heterocycles. The first-order valence-electron chi connectivity index (χ1n) is 8.88. The summed E-state index contributed by atoms with van der Waals surface area (Å²) >= 11 is 0. The van der Waals surface area contributed by atoms with Gasteiger partial charge in [0.1, 0.15) is 6.54 Å². The molecule has 0 aromatic heterocycles. The summed E-state index contributed by atoms with van der Waals surface area (Å²) in [7, 11) is -3.59. The van der Waals surface area contributed by atoms with Gasteiger partial charge in [-0.25, -0.2) is 8.42 Å². The van der Waals surface area contributed by atoms with Gasteiger partial charge in [-0.3, -0.25) is 9.10 Å². The van der Waals surface area contributed by atoms with Crippen molar-refractivity contribution in [1.82, 2.24) is 5.32 Å². The highest BCUT2D eigenvalue weighted by molar-refractivity contribution is 7.92. The lowest BCUT2D eigenvalue weighted by molar-refractivity contribution is -0.121. The van der Waals surface area contributed by atoms with E-state index >= 15 is 0 Å². The molecule has 0 bridgehead atoms. The van der Waals surface area contributed by atoms with E-state index in [1.807, 2.05) is 64.1 Å². The van der Waals surface area contributed by atoms with Crippen molar-refractivity contribution in [3.05, 3.63) is 65.2 Å². The van der Waals surface area contributed by atoms with E-state index in [1.165, 1.54) is 4.31 Å². The Morgan fingerprint density at radius 3 is 2.26 bits per heavy atom. The van der Waals surface area contributed by atoms with Crippen molar-refractivity contribution in [2.75, 3.05) is 17.1 Å². The third kappa shape index (κ3) is 5.82. The Morgan fingerprint density at radius 1 is 1.04 bits per heavy atom. The highest BCUT2D eigenvalue weighted by Gasteiger charge is 2.26. The van der Waals surface area contributed by atoms with Gasteiger partial charge in [0, 0.05) is 5.54 Å². The summed E-state index contributed by atoms with van der Waals surface area (Å²) in [6.07, 6.45) is 1.78. The molecule has 0 unspecified atom stereocenters. The Morgan fingerprint density at radius 2 is 1.67 bits per heavy atom. The number of nitrogens with one attached hydrogen (secondary N) is 1. The lowest BCUT2D eigenvalue weighted by Gasteiger charge is -2.29. The number of hydrogen-bond donors (Lipinski definition) is 1. The zero-order chi connectivity index (χ0) is 20.2. The standard InChI is InChI=1S/C21H28N2O3S/c1-16-10-9-13-19(17(16)2)23(27(5,25)26)15-20(24)22-21(3,4)14-18-11-7-6-8-12-18/h6-13H,14-15H2,1-5H3,(H,22,24). The Kier molecular flexibility index (Phi) is 6.31. The van der Waals surface area contributed by atoms with Crippen LogP contribution in [0.1, 0.15) is 30.5 Å². The molecule has 0 spiro atoms. The molecule has 0 atom stereocenters. The van der Waals surface area contributed by atoms with Crippen LogP contribution in [0.25, 0.3) is 0 Å². The van der Waals surface area contributed by atoms with Gasteiger partial charge in [0.05, 0.1) is 11.9 Å². The molecule has 0 radical (unpaired) electrons. The highest BCUT2D eigenvalue weighted by Crippen LogP contribution is 2.25. The van der Waals surface area contributed by atoms with Crippen LogP contribution < -0.4 is 9.62 Å². The van der Waals surface area contributed by atoms with E-state index in [4.69, 9.17) is 0 Å². The predicted molar refractivity (Wildman–Crippen MR) is 110 cm³/mol. The van der Waals surface area contributed by atoms with E-state index in [-0.39, 0.29) is 12.5 Å².